The number of carbonyl (C=O) groups excluding carboxylic acids is 1. The number of nitrogens with two attached hydrogens (primary N) is 1. The van der Waals surface area contributed by atoms with Gasteiger partial charge in [0.25, 0.3) is 0 Å². The molecule has 15 heavy (non-hydrogen) atoms. The van der Waals surface area contributed by atoms with E-state index in [1.807, 2.05) is 16.7 Å². The van der Waals surface area contributed by atoms with Crippen molar-refractivity contribution in [3.63, 3.8) is 0 Å². The van der Waals surface area contributed by atoms with Crippen LogP contribution in [0.4, 0.5) is 0 Å². The minimum Gasteiger partial charge on any atom is -0.342 e. The average Bonchev–Trinajstić information content (AvgIpc) is 2.54. The van der Waals surface area contributed by atoms with Gasteiger partial charge in [-0.25, -0.2) is 0 Å². The van der Waals surface area contributed by atoms with Crippen LogP contribution in [-0.2, 0) is 4.79 Å². The van der Waals surface area contributed by atoms with E-state index in [0.29, 0.717) is 24.8 Å². The number of carbonyl (C=O) groups is 1. The highest BCUT2D eigenvalue weighted by atomic mass is 32.2. The molecular weight excluding hydrogens is 208 g/mol. The zero-order valence-electron chi connectivity index (χ0n) is 9.58. The molecule has 1 rings (SSSR count). The molecule has 0 bridgehead atoms. The molecule has 1 heterocycles. The highest BCUT2D eigenvalue weighted by molar-refractivity contribution is 7.99. The predicted octanol–water partition coefficient (Wildman–Crippen LogP) is 1.33. The van der Waals surface area contributed by atoms with Crippen LogP contribution in [0.15, 0.2) is 0 Å². The third kappa shape index (κ3) is 4.43. The fraction of sp³-hybridized carbons (Fsp3) is 0.909. The van der Waals surface area contributed by atoms with Crippen molar-refractivity contribution in [1.82, 2.24) is 4.90 Å². The summed E-state index contributed by atoms with van der Waals surface area (Å²) in [5, 5.41) is 0. The number of rotatable bonds is 4. The summed E-state index contributed by atoms with van der Waals surface area (Å²) in [5.74, 6) is 2.95. The van der Waals surface area contributed by atoms with Gasteiger partial charge in [-0.1, -0.05) is 13.3 Å². The number of hydrogen-bond donors (Lipinski definition) is 1. The van der Waals surface area contributed by atoms with Gasteiger partial charge in [-0.15, -0.1) is 0 Å². The molecular formula is C11H22N2OS. The molecule has 88 valence electrons. The molecule has 1 aliphatic heterocycles. The SMILES string of the molecule is CCC(CN)CC(=O)N1CCCSCC1. The number of thioether (sulfide) groups is 1. The minimum absolute atomic E-state index is 0.301. The van der Waals surface area contributed by atoms with E-state index < -0.39 is 0 Å². The molecule has 0 aromatic carbocycles. The maximum atomic E-state index is 11.9. The molecule has 3 nitrogen and oxygen atoms in total. The Morgan fingerprint density at radius 1 is 1.47 bits per heavy atom. The molecule has 1 unspecified atom stereocenters. The van der Waals surface area contributed by atoms with E-state index in [-0.39, 0.29) is 0 Å². The molecule has 0 spiro atoms. The van der Waals surface area contributed by atoms with Gasteiger partial charge in [0.15, 0.2) is 0 Å². The molecule has 1 saturated heterocycles. The van der Waals surface area contributed by atoms with Gasteiger partial charge in [-0.3, -0.25) is 4.79 Å². The van der Waals surface area contributed by atoms with Gasteiger partial charge in [0.2, 0.25) is 5.91 Å². The van der Waals surface area contributed by atoms with Crippen LogP contribution in [0.3, 0.4) is 0 Å². The zero-order valence-corrected chi connectivity index (χ0v) is 10.4. The third-order valence-electron chi connectivity index (χ3n) is 2.95. The molecule has 1 fully saturated rings. The van der Waals surface area contributed by atoms with Crippen molar-refractivity contribution in [3.8, 4) is 0 Å². The second-order valence-corrected chi connectivity index (χ2v) is 5.29. The van der Waals surface area contributed by atoms with Crippen molar-refractivity contribution in [2.24, 2.45) is 11.7 Å². The van der Waals surface area contributed by atoms with E-state index in [4.69, 9.17) is 5.73 Å². The van der Waals surface area contributed by atoms with Crippen LogP contribution in [0, 0.1) is 5.92 Å². The zero-order chi connectivity index (χ0) is 11.1. The molecule has 0 saturated carbocycles. The predicted molar refractivity (Wildman–Crippen MR) is 66.0 cm³/mol. The Bertz CT molecular complexity index is 187. The van der Waals surface area contributed by atoms with Crippen molar-refractivity contribution in [2.45, 2.75) is 26.2 Å². The molecule has 0 aromatic heterocycles. The van der Waals surface area contributed by atoms with Gasteiger partial charge in [-0.05, 0) is 24.6 Å². The lowest BCUT2D eigenvalue weighted by atomic mass is 10.0. The third-order valence-corrected chi connectivity index (χ3v) is 4.00. The lowest BCUT2D eigenvalue weighted by molar-refractivity contribution is -0.131. The van der Waals surface area contributed by atoms with Crippen LogP contribution in [0.25, 0.3) is 0 Å². The first-order valence-corrected chi connectivity index (χ1v) is 6.99. The normalized spacial score (nSPS) is 19.7. The first-order chi connectivity index (χ1) is 7.27. The van der Waals surface area contributed by atoms with Crippen molar-refractivity contribution < 1.29 is 4.79 Å². The monoisotopic (exact) mass is 230 g/mol. The summed E-state index contributed by atoms with van der Waals surface area (Å²) in [6, 6.07) is 0. The molecule has 0 aliphatic carbocycles. The van der Waals surface area contributed by atoms with E-state index in [9.17, 15) is 4.79 Å². The smallest absolute Gasteiger partial charge is 0.222 e. The van der Waals surface area contributed by atoms with E-state index in [1.54, 1.807) is 0 Å². The van der Waals surface area contributed by atoms with E-state index in [0.717, 1.165) is 31.7 Å². The van der Waals surface area contributed by atoms with Gasteiger partial charge >= 0.3 is 0 Å². The first-order valence-electron chi connectivity index (χ1n) is 5.83. The van der Waals surface area contributed by atoms with Gasteiger partial charge in [-0.2, -0.15) is 11.8 Å². The fourth-order valence-electron chi connectivity index (χ4n) is 1.77. The summed E-state index contributed by atoms with van der Waals surface area (Å²) in [6.07, 6.45) is 2.78. The minimum atomic E-state index is 0.301. The Balaban J connectivity index is 2.36. The van der Waals surface area contributed by atoms with Crippen LogP contribution in [0.1, 0.15) is 26.2 Å². The Kier molecular flexibility index (Phi) is 6.10. The highest BCUT2D eigenvalue weighted by Gasteiger charge is 2.18. The number of hydrogen-bond acceptors (Lipinski definition) is 3. The maximum Gasteiger partial charge on any atom is 0.222 e. The van der Waals surface area contributed by atoms with E-state index >= 15 is 0 Å². The number of nitrogens with zero attached hydrogens (tertiary/aromatic N) is 1. The van der Waals surface area contributed by atoms with Crippen LogP contribution < -0.4 is 5.73 Å². The molecule has 0 aromatic rings. The van der Waals surface area contributed by atoms with Crippen molar-refractivity contribution >= 4 is 17.7 Å². The molecule has 1 aliphatic rings. The summed E-state index contributed by atoms with van der Waals surface area (Å²) in [7, 11) is 0. The van der Waals surface area contributed by atoms with Crippen molar-refractivity contribution in [3.05, 3.63) is 0 Å². The Morgan fingerprint density at radius 3 is 2.93 bits per heavy atom. The summed E-state index contributed by atoms with van der Waals surface area (Å²) in [5.41, 5.74) is 5.62. The van der Waals surface area contributed by atoms with Gasteiger partial charge in [0.1, 0.15) is 0 Å². The van der Waals surface area contributed by atoms with Crippen LogP contribution in [-0.4, -0.2) is 41.9 Å². The molecule has 2 N–H and O–H groups in total. The summed E-state index contributed by atoms with van der Waals surface area (Å²) in [6.45, 7) is 4.59. The van der Waals surface area contributed by atoms with E-state index in [1.165, 1.54) is 5.75 Å². The van der Waals surface area contributed by atoms with Gasteiger partial charge < -0.3 is 10.6 Å². The Labute approximate surface area is 96.8 Å². The average molecular weight is 230 g/mol. The summed E-state index contributed by atoms with van der Waals surface area (Å²) in [4.78, 5) is 14.0. The second kappa shape index (κ2) is 7.12. The fourth-order valence-corrected chi connectivity index (χ4v) is 2.65. The van der Waals surface area contributed by atoms with Crippen LogP contribution in [0.2, 0.25) is 0 Å². The molecule has 0 radical (unpaired) electrons. The standard InChI is InChI=1S/C11H22N2OS/c1-2-10(9-12)8-11(14)13-4-3-6-15-7-5-13/h10H,2-9,12H2,1H3. The molecule has 4 heteroatoms. The Hall–Kier alpha value is -0.220. The van der Waals surface area contributed by atoms with Gasteiger partial charge in [0.05, 0.1) is 0 Å². The summed E-state index contributed by atoms with van der Waals surface area (Å²) >= 11 is 1.95. The topological polar surface area (TPSA) is 46.3 Å². The lowest BCUT2D eigenvalue weighted by Crippen LogP contribution is -2.35. The van der Waals surface area contributed by atoms with Crippen LogP contribution >= 0.6 is 11.8 Å². The quantitative estimate of drug-likeness (QED) is 0.792. The van der Waals surface area contributed by atoms with Crippen molar-refractivity contribution in [2.75, 3.05) is 31.1 Å². The Morgan fingerprint density at radius 2 is 2.27 bits per heavy atom. The summed E-state index contributed by atoms with van der Waals surface area (Å²) < 4.78 is 0. The van der Waals surface area contributed by atoms with Crippen LogP contribution in [0.5, 0.6) is 0 Å². The molecule has 1 atom stereocenters. The van der Waals surface area contributed by atoms with Crippen molar-refractivity contribution in [1.29, 1.82) is 0 Å². The lowest BCUT2D eigenvalue weighted by Gasteiger charge is -2.22. The number of amides is 1. The van der Waals surface area contributed by atoms with E-state index in [2.05, 4.69) is 6.92 Å². The highest BCUT2D eigenvalue weighted by Crippen LogP contribution is 2.14. The maximum absolute atomic E-state index is 11.9. The molecule has 1 amide bonds. The van der Waals surface area contributed by atoms with Gasteiger partial charge in [0, 0.05) is 25.3 Å². The largest absolute Gasteiger partial charge is 0.342 e. The first kappa shape index (κ1) is 12.8. The second-order valence-electron chi connectivity index (χ2n) is 4.06.